The zero-order valence-electron chi connectivity index (χ0n) is 13.1. The number of nitrogens with one attached hydrogen (secondary N) is 1. The van der Waals surface area contributed by atoms with Gasteiger partial charge in [-0.15, -0.1) is 11.3 Å². The van der Waals surface area contributed by atoms with Crippen LogP contribution >= 0.6 is 11.3 Å². The number of sulfone groups is 1. The fourth-order valence-corrected chi connectivity index (χ4v) is 5.25. The predicted octanol–water partition coefficient (Wildman–Crippen LogP) is 0.572. The van der Waals surface area contributed by atoms with E-state index in [1.165, 1.54) is 9.89 Å². The minimum atomic E-state index is -3.11. The van der Waals surface area contributed by atoms with Crippen LogP contribution in [0.15, 0.2) is 22.6 Å². The van der Waals surface area contributed by atoms with E-state index in [-0.39, 0.29) is 29.7 Å². The molecular weight excluding hydrogens is 350 g/mol. The molecule has 3 heterocycles. The third kappa shape index (κ3) is 4.02. The molecule has 1 fully saturated rings. The summed E-state index contributed by atoms with van der Waals surface area (Å²) in [5, 5.41) is 10.2. The first-order chi connectivity index (χ1) is 11.4. The van der Waals surface area contributed by atoms with Crippen molar-refractivity contribution in [3.8, 4) is 0 Å². The van der Waals surface area contributed by atoms with Crippen LogP contribution in [0.4, 0.5) is 0 Å². The highest BCUT2D eigenvalue weighted by Crippen LogP contribution is 2.22. The molecule has 1 aromatic rings. The quantitative estimate of drug-likeness (QED) is 0.821. The summed E-state index contributed by atoms with van der Waals surface area (Å²) in [6, 6.07) is 3.53. The molecule has 1 aromatic heterocycles. The highest BCUT2D eigenvalue weighted by molar-refractivity contribution is 7.91. The Bertz CT molecular complexity index is 756. The summed E-state index contributed by atoms with van der Waals surface area (Å²) in [5.41, 5.74) is 0.296. The molecule has 0 spiro atoms. The molecule has 1 saturated heterocycles. The summed E-state index contributed by atoms with van der Waals surface area (Å²) in [7, 11) is -3.11. The Labute approximate surface area is 144 Å². The summed E-state index contributed by atoms with van der Waals surface area (Å²) in [4.78, 5) is 25.4. The largest absolute Gasteiger partial charge is 0.351 e. The van der Waals surface area contributed by atoms with Crippen molar-refractivity contribution in [1.82, 2.24) is 10.3 Å². The molecular formula is C15H19N3O4S2. The molecule has 2 aliphatic rings. The zero-order valence-corrected chi connectivity index (χ0v) is 14.7. The lowest BCUT2D eigenvalue weighted by Crippen LogP contribution is -2.44. The fraction of sp³-hybridized carbons (Fsp3) is 0.533. The van der Waals surface area contributed by atoms with Crippen molar-refractivity contribution in [2.24, 2.45) is 5.10 Å². The molecule has 1 atom stereocenters. The average Bonchev–Trinajstić information content (AvgIpc) is 3.17. The Balaban J connectivity index is 1.60. The second-order valence-corrected chi connectivity index (χ2v) is 9.19. The lowest BCUT2D eigenvalue weighted by molar-refractivity contribution is -0.133. The molecule has 9 heteroatoms. The van der Waals surface area contributed by atoms with Crippen molar-refractivity contribution >= 4 is 38.7 Å². The Morgan fingerprint density at radius 2 is 2.25 bits per heavy atom. The maximum Gasteiger partial charge on any atom is 0.267 e. The first-order valence-corrected chi connectivity index (χ1v) is 10.6. The van der Waals surface area contributed by atoms with E-state index in [4.69, 9.17) is 0 Å². The van der Waals surface area contributed by atoms with E-state index in [2.05, 4.69) is 10.4 Å². The van der Waals surface area contributed by atoms with Gasteiger partial charge in [-0.05, 0) is 24.3 Å². The monoisotopic (exact) mass is 369 g/mol. The average molecular weight is 369 g/mol. The van der Waals surface area contributed by atoms with Gasteiger partial charge >= 0.3 is 0 Å². The highest BCUT2D eigenvalue weighted by Gasteiger charge is 2.37. The summed E-state index contributed by atoms with van der Waals surface area (Å²) < 4.78 is 23.2. The third-order valence-electron chi connectivity index (χ3n) is 4.11. The minimum Gasteiger partial charge on any atom is -0.351 e. The molecule has 7 nitrogen and oxygen atoms in total. The van der Waals surface area contributed by atoms with E-state index in [1.807, 2.05) is 17.5 Å². The van der Waals surface area contributed by atoms with Gasteiger partial charge in [-0.2, -0.15) is 5.10 Å². The van der Waals surface area contributed by atoms with Gasteiger partial charge in [0.15, 0.2) is 9.84 Å². The van der Waals surface area contributed by atoms with Crippen LogP contribution in [0.1, 0.15) is 24.1 Å². The summed E-state index contributed by atoms with van der Waals surface area (Å²) >= 11 is 1.64. The van der Waals surface area contributed by atoms with E-state index in [1.54, 1.807) is 11.3 Å². The number of rotatable bonds is 5. The standard InChI is InChI=1S/C15H19N3O4S2/c19-14-4-3-13(15(20)16-7-5-12-2-1-8-23-12)17-18(14)11-6-9-24(21,22)10-11/h1-2,8,11H,3-7,9-10H2,(H,16,20)/t11-/m0/s1. The molecule has 0 saturated carbocycles. The third-order valence-corrected chi connectivity index (χ3v) is 6.80. The minimum absolute atomic E-state index is 0.0688. The van der Waals surface area contributed by atoms with Crippen molar-refractivity contribution in [3.05, 3.63) is 22.4 Å². The number of nitrogens with zero attached hydrogens (tertiary/aromatic N) is 2. The lowest BCUT2D eigenvalue weighted by Gasteiger charge is -2.27. The summed E-state index contributed by atoms with van der Waals surface area (Å²) in [5.74, 6) is -0.508. The lowest BCUT2D eigenvalue weighted by atomic mass is 10.1. The van der Waals surface area contributed by atoms with Crippen LogP contribution in [-0.4, -0.2) is 55.0 Å². The van der Waals surface area contributed by atoms with E-state index in [9.17, 15) is 18.0 Å². The van der Waals surface area contributed by atoms with Crippen molar-refractivity contribution in [1.29, 1.82) is 0 Å². The molecule has 0 unspecified atom stereocenters. The van der Waals surface area contributed by atoms with Crippen LogP contribution in [0.25, 0.3) is 0 Å². The Morgan fingerprint density at radius 3 is 2.92 bits per heavy atom. The molecule has 3 rings (SSSR count). The molecule has 0 bridgehead atoms. The van der Waals surface area contributed by atoms with Crippen LogP contribution in [-0.2, 0) is 25.8 Å². The highest BCUT2D eigenvalue weighted by atomic mass is 32.2. The SMILES string of the molecule is O=C(NCCc1cccs1)C1=NN([C@H]2CCS(=O)(=O)C2)C(=O)CC1. The molecule has 0 aromatic carbocycles. The fourth-order valence-electron chi connectivity index (χ4n) is 2.84. The topological polar surface area (TPSA) is 95.9 Å². The maximum absolute atomic E-state index is 12.2. The molecule has 1 N–H and O–H groups in total. The van der Waals surface area contributed by atoms with E-state index in [0.717, 1.165) is 6.42 Å². The second kappa shape index (κ2) is 7.02. The van der Waals surface area contributed by atoms with Gasteiger partial charge in [0.05, 0.1) is 17.5 Å². The van der Waals surface area contributed by atoms with Crippen molar-refractivity contribution in [3.63, 3.8) is 0 Å². The molecule has 2 aliphatic heterocycles. The second-order valence-electron chi connectivity index (χ2n) is 5.93. The summed E-state index contributed by atoms with van der Waals surface area (Å²) in [6.07, 6.45) is 1.61. The van der Waals surface area contributed by atoms with Crippen molar-refractivity contribution in [2.45, 2.75) is 31.7 Å². The Morgan fingerprint density at radius 1 is 1.42 bits per heavy atom. The normalized spacial score (nSPS) is 23.2. The number of amides is 2. The van der Waals surface area contributed by atoms with Gasteiger partial charge in [0, 0.05) is 24.3 Å². The molecule has 2 amide bonds. The first kappa shape index (κ1) is 17.1. The number of carbonyl (C=O) groups excluding carboxylic acids is 2. The van der Waals surface area contributed by atoms with Gasteiger partial charge in [0.1, 0.15) is 5.71 Å². The van der Waals surface area contributed by atoms with Crippen LogP contribution < -0.4 is 5.32 Å². The van der Waals surface area contributed by atoms with Gasteiger partial charge in [-0.3, -0.25) is 9.59 Å². The number of hydrogen-bond acceptors (Lipinski definition) is 6. The van der Waals surface area contributed by atoms with Crippen molar-refractivity contribution < 1.29 is 18.0 Å². The number of hydrogen-bond donors (Lipinski definition) is 1. The smallest absolute Gasteiger partial charge is 0.267 e. The summed E-state index contributed by atoms with van der Waals surface area (Å²) in [6.45, 7) is 0.504. The number of hydrazone groups is 1. The molecule has 0 aliphatic carbocycles. The number of carbonyl (C=O) groups is 2. The van der Waals surface area contributed by atoms with E-state index in [0.29, 0.717) is 25.1 Å². The number of thiophene rings is 1. The van der Waals surface area contributed by atoms with Gasteiger partial charge in [-0.25, -0.2) is 13.4 Å². The first-order valence-electron chi connectivity index (χ1n) is 7.85. The van der Waals surface area contributed by atoms with Gasteiger partial charge in [-0.1, -0.05) is 6.07 Å². The van der Waals surface area contributed by atoms with Crippen molar-refractivity contribution in [2.75, 3.05) is 18.1 Å². The van der Waals surface area contributed by atoms with Crippen LogP contribution in [0, 0.1) is 0 Å². The molecule has 24 heavy (non-hydrogen) atoms. The zero-order chi connectivity index (χ0) is 17.2. The van der Waals surface area contributed by atoms with Crippen LogP contribution in [0.2, 0.25) is 0 Å². The van der Waals surface area contributed by atoms with E-state index < -0.39 is 15.9 Å². The Kier molecular flexibility index (Phi) is 5.00. The van der Waals surface area contributed by atoms with Crippen LogP contribution in [0.3, 0.4) is 0 Å². The van der Waals surface area contributed by atoms with Crippen LogP contribution in [0.5, 0.6) is 0 Å². The molecule has 0 radical (unpaired) electrons. The van der Waals surface area contributed by atoms with E-state index >= 15 is 0 Å². The van der Waals surface area contributed by atoms with Gasteiger partial charge < -0.3 is 5.32 Å². The predicted molar refractivity (Wildman–Crippen MR) is 91.6 cm³/mol. The maximum atomic E-state index is 12.2. The van der Waals surface area contributed by atoms with Gasteiger partial charge in [0.25, 0.3) is 5.91 Å². The molecule has 130 valence electrons. The van der Waals surface area contributed by atoms with Gasteiger partial charge in [0.2, 0.25) is 5.91 Å². The Hall–Kier alpha value is -1.74.